The number of hydrogen-bond acceptors (Lipinski definition) is 3. The molecule has 0 unspecified atom stereocenters. The molecule has 6 nitrogen and oxygen atoms in total. The van der Waals surface area contributed by atoms with Crippen molar-refractivity contribution in [2.24, 2.45) is 5.41 Å². The molecular formula is C23H26FN3O3. The van der Waals surface area contributed by atoms with Crippen LogP contribution in [0.4, 0.5) is 9.18 Å². The van der Waals surface area contributed by atoms with Crippen LogP contribution in [0, 0.1) is 11.2 Å². The number of amides is 3. The van der Waals surface area contributed by atoms with Gasteiger partial charge in [0.1, 0.15) is 11.6 Å². The number of likely N-dealkylation sites (tertiary alicyclic amines) is 2. The maximum atomic E-state index is 13.0. The number of methoxy groups -OCH3 is 1. The number of urea groups is 1. The molecule has 2 aliphatic heterocycles. The van der Waals surface area contributed by atoms with E-state index in [0.29, 0.717) is 39.0 Å². The number of rotatable bonds is 5. The molecule has 2 aliphatic rings. The number of β-lactam (4-membered cyclic amide) rings is 1. The van der Waals surface area contributed by atoms with Gasteiger partial charge in [0.05, 0.1) is 12.5 Å². The lowest BCUT2D eigenvalue weighted by Gasteiger charge is -2.52. The van der Waals surface area contributed by atoms with Gasteiger partial charge >= 0.3 is 6.03 Å². The minimum absolute atomic E-state index is 0.143. The Kier molecular flexibility index (Phi) is 5.61. The predicted octanol–water partition coefficient (Wildman–Crippen LogP) is 3.17. The average Bonchev–Trinajstić information content (AvgIpc) is 2.79. The lowest BCUT2D eigenvalue weighted by Crippen LogP contribution is -2.64. The summed E-state index contributed by atoms with van der Waals surface area (Å²) in [6, 6.07) is 13.7. The minimum Gasteiger partial charge on any atom is -0.497 e. The molecule has 2 aromatic carbocycles. The molecule has 0 aromatic heterocycles. The second-order valence-corrected chi connectivity index (χ2v) is 8.06. The summed E-state index contributed by atoms with van der Waals surface area (Å²) in [7, 11) is 1.63. The SMILES string of the molecule is COc1ccc(CN2CC3(CCN(C(=O)NCc4ccc(F)cc4)CC3)C2=O)cc1. The second-order valence-electron chi connectivity index (χ2n) is 8.06. The number of halogens is 1. The summed E-state index contributed by atoms with van der Waals surface area (Å²) >= 11 is 0. The van der Waals surface area contributed by atoms with Crippen molar-refractivity contribution in [1.82, 2.24) is 15.1 Å². The Morgan fingerprint density at radius 3 is 2.30 bits per heavy atom. The van der Waals surface area contributed by atoms with Crippen molar-refractivity contribution in [3.05, 3.63) is 65.5 Å². The number of nitrogens with one attached hydrogen (secondary N) is 1. The Labute approximate surface area is 175 Å². The van der Waals surface area contributed by atoms with Crippen LogP contribution < -0.4 is 10.1 Å². The van der Waals surface area contributed by atoms with Gasteiger partial charge < -0.3 is 19.9 Å². The lowest BCUT2D eigenvalue weighted by molar-refractivity contribution is -0.165. The number of nitrogens with zero attached hydrogens (tertiary/aromatic N) is 2. The summed E-state index contributed by atoms with van der Waals surface area (Å²) in [4.78, 5) is 28.9. The van der Waals surface area contributed by atoms with Crippen LogP contribution in [-0.2, 0) is 17.9 Å². The molecule has 0 saturated carbocycles. The van der Waals surface area contributed by atoms with Gasteiger partial charge in [-0.2, -0.15) is 0 Å². The predicted molar refractivity (Wildman–Crippen MR) is 110 cm³/mol. The van der Waals surface area contributed by atoms with Crippen LogP contribution in [0.3, 0.4) is 0 Å². The Morgan fingerprint density at radius 2 is 1.70 bits per heavy atom. The quantitative estimate of drug-likeness (QED) is 0.769. The second kappa shape index (κ2) is 8.34. The van der Waals surface area contributed by atoms with Gasteiger partial charge in [0.2, 0.25) is 5.91 Å². The van der Waals surface area contributed by atoms with Gasteiger partial charge in [0.25, 0.3) is 0 Å². The Balaban J connectivity index is 1.24. The molecule has 0 bridgehead atoms. The first kappa shape index (κ1) is 20.2. The van der Waals surface area contributed by atoms with Gasteiger partial charge in [-0.3, -0.25) is 4.79 Å². The molecule has 1 spiro atoms. The highest BCUT2D eigenvalue weighted by Crippen LogP contribution is 2.42. The third kappa shape index (κ3) is 4.10. The zero-order valence-electron chi connectivity index (χ0n) is 17.1. The van der Waals surface area contributed by atoms with Gasteiger partial charge in [0, 0.05) is 32.7 Å². The fourth-order valence-corrected chi connectivity index (χ4v) is 4.23. The van der Waals surface area contributed by atoms with Crippen LogP contribution in [-0.4, -0.2) is 48.5 Å². The van der Waals surface area contributed by atoms with Crippen molar-refractivity contribution in [2.75, 3.05) is 26.7 Å². The molecule has 2 aromatic rings. The van der Waals surface area contributed by atoms with E-state index >= 15 is 0 Å². The standard InChI is InChI=1S/C23H26FN3O3/c1-30-20-8-4-18(5-9-20)15-27-16-23(21(27)28)10-12-26(13-11-23)22(29)25-14-17-2-6-19(24)7-3-17/h2-9H,10-16H2,1H3,(H,25,29). The van der Waals surface area contributed by atoms with Crippen molar-refractivity contribution in [1.29, 1.82) is 0 Å². The molecule has 0 aliphatic carbocycles. The van der Waals surface area contributed by atoms with E-state index in [9.17, 15) is 14.0 Å². The molecule has 4 rings (SSSR count). The highest BCUT2D eigenvalue weighted by atomic mass is 19.1. The summed E-state index contributed by atoms with van der Waals surface area (Å²) in [5.74, 6) is 0.692. The van der Waals surface area contributed by atoms with E-state index in [1.54, 1.807) is 24.1 Å². The molecule has 30 heavy (non-hydrogen) atoms. The van der Waals surface area contributed by atoms with Crippen molar-refractivity contribution in [2.45, 2.75) is 25.9 Å². The number of ether oxygens (including phenoxy) is 1. The van der Waals surface area contributed by atoms with Gasteiger partial charge in [-0.05, 0) is 48.2 Å². The van der Waals surface area contributed by atoms with Crippen LogP contribution in [0.15, 0.2) is 48.5 Å². The zero-order valence-corrected chi connectivity index (χ0v) is 17.1. The maximum absolute atomic E-state index is 13.0. The van der Waals surface area contributed by atoms with Gasteiger partial charge in [-0.25, -0.2) is 9.18 Å². The fourth-order valence-electron chi connectivity index (χ4n) is 4.23. The first-order valence-electron chi connectivity index (χ1n) is 10.2. The monoisotopic (exact) mass is 411 g/mol. The molecule has 2 heterocycles. The first-order chi connectivity index (χ1) is 14.5. The van der Waals surface area contributed by atoms with E-state index in [-0.39, 0.29) is 23.2 Å². The molecule has 7 heteroatoms. The van der Waals surface area contributed by atoms with Crippen LogP contribution in [0.25, 0.3) is 0 Å². The minimum atomic E-state index is -0.319. The zero-order chi connectivity index (χ0) is 21.1. The average molecular weight is 411 g/mol. The molecule has 2 saturated heterocycles. The smallest absolute Gasteiger partial charge is 0.317 e. The molecular weight excluding hydrogens is 385 g/mol. The third-order valence-electron chi connectivity index (χ3n) is 6.13. The maximum Gasteiger partial charge on any atom is 0.317 e. The van der Waals surface area contributed by atoms with Crippen LogP contribution in [0.1, 0.15) is 24.0 Å². The van der Waals surface area contributed by atoms with E-state index in [2.05, 4.69) is 5.32 Å². The van der Waals surface area contributed by atoms with Gasteiger partial charge in [0.15, 0.2) is 0 Å². The fraction of sp³-hybridized carbons (Fsp3) is 0.391. The number of carbonyl (C=O) groups is 2. The Bertz CT molecular complexity index is 906. The van der Waals surface area contributed by atoms with E-state index in [1.807, 2.05) is 29.2 Å². The molecule has 0 atom stereocenters. The Morgan fingerprint density at radius 1 is 1.07 bits per heavy atom. The largest absolute Gasteiger partial charge is 0.497 e. The highest BCUT2D eigenvalue weighted by Gasteiger charge is 2.53. The normalized spacial score (nSPS) is 17.6. The summed E-state index contributed by atoms with van der Waals surface area (Å²) < 4.78 is 18.1. The van der Waals surface area contributed by atoms with Crippen molar-refractivity contribution in [3.8, 4) is 5.75 Å². The molecule has 0 radical (unpaired) electrons. The molecule has 158 valence electrons. The lowest BCUT2D eigenvalue weighted by atomic mass is 9.71. The first-order valence-corrected chi connectivity index (χ1v) is 10.2. The van der Waals surface area contributed by atoms with Crippen molar-refractivity contribution >= 4 is 11.9 Å². The van der Waals surface area contributed by atoms with E-state index < -0.39 is 0 Å². The van der Waals surface area contributed by atoms with Crippen LogP contribution >= 0.6 is 0 Å². The number of piperidine rings is 1. The summed E-state index contributed by atoms with van der Waals surface area (Å²) in [6.07, 6.45) is 1.38. The van der Waals surface area contributed by atoms with Gasteiger partial charge in [-0.15, -0.1) is 0 Å². The van der Waals surface area contributed by atoms with Crippen molar-refractivity contribution < 1.29 is 18.7 Å². The molecule has 3 amide bonds. The molecule has 2 fully saturated rings. The van der Waals surface area contributed by atoms with E-state index in [4.69, 9.17) is 4.74 Å². The number of benzene rings is 2. The summed E-state index contributed by atoms with van der Waals surface area (Å²) in [5, 5.41) is 2.87. The van der Waals surface area contributed by atoms with Crippen LogP contribution in [0.2, 0.25) is 0 Å². The topological polar surface area (TPSA) is 61.9 Å². The van der Waals surface area contributed by atoms with Gasteiger partial charge in [-0.1, -0.05) is 24.3 Å². The number of hydrogen-bond donors (Lipinski definition) is 1. The summed E-state index contributed by atoms with van der Waals surface area (Å²) in [6.45, 7) is 2.83. The van der Waals surface area contributed by atoms with E-state index in [0.717, 1.165) is 23.4 Å². The number of carbonyl (C=O) groups excluding carboxylic acids is 2. The molecule has 1 N–H and O–H groups in total. The third-order valence-corrected chi connectivity index (χ3v) is 6.13. The van der Waals surface area contributed by atoms with Crippen molar-refractivity contribution in [3.63, 3.8) is 0 Å². The van der Waals surface area contributed by atoms with Crippen LogP contribution in [0.5, 0.6) is 5.75 Å². The Hall–Kier alpha value is -3.09. The summed E-state index contributed by atoms with van der Waals surface area (Å²) in [5.41, 5.74) is 1.61. The highest BCUT2D eigenvalue weighted by molar-refractivity contribution is 5.89. The van der Waals surface area contributed by atoms with E-state index in [1.165, 1.54) is 12.1 Å².